The lowest BCUT2D eigenvalue weighted by molar-refractivity contribution is 0.194. The monoisotopic (exact) mass is 392 g/mol. The van der Waals surface area contributed by atoms with Crippen molar-refractivity contribution in [1.29, 1.82) is 0 Å². The molecule has 0 unspecified atom stereocenters. The molecular weight excluding hydrogens is 368 g/mol. The second-order valence-corrected chi connectivity index (χ2v) is 8.81. The average molecular weight is 393 g/mol. The van der Waals surface area contributed by atoms with E-state index in [4.69, 9.17) is 11.6 Å². The maximum Gasteiger partial charge on any atom is 0.317 e. The van der Waals surface area contributed by atoms with Crippen molar-refractivity contribution in [2.24, 2.45) is 0 Å². The summed E-state index contributed by atoms with van der Waals surface area (Å²) in [5, 5.41) is 6.76. The number of hydrogen-bond donors (Lipinski definition) is 1. The number of rotatable bonds is 3. The number of aromatic nitrogens is 1. The average Bonchev–Trinajstić information content (AvgIpc) is 3.10. The molecule has 0 atom stereocenters. The van der Waals surface area contributed by atoms with Gasteiger partial charge >= 0.3 is 6.03 Å². The van der Waals surface area contributed by atoms with Crippen molar-refractivity contribution in [2.75, 3.05) is 31.1 Å². The fraction of sp³-hybridized carbons (Fsp3) is 0.474. The molecule has 5 nitrogen and oxygen atoms in total. The SMILES string of the molecule is CC(C)(C)c1csc(CNC(=O)N2CCN(c3ccccc3Cl)CC2)n1. The van der Waals surface area contributed by atoms with E-state index in [0.717, 1.165) is 34.5 Å². The number of piperazine rings is 1. The van der Waals surface area contributed by atoms with Gasteiger partial charge in [0.2, 0.25) is 0 Å². The number of hydrogen-bond acceptors (Lipinski definition) is 4. The Balaban J connectivity index is 1.50. The van der Waals surface area contributed by atoms with Gasteiger partial charge in [0.25, 0.3) is 0 Å². The third-order valence-corrected chi connectivity index (χ3v) is 5.64. The van der Waals surface area contributed by atoms with Crippen molar-refractivity contribution in [2.45, 2.75) is 32.7 Å². The normalized spacial score (nSPS) is 15.2. The molecule has 1 fully saturated rings. The van der Waals surface area contributed by atoms with E-state index in [1.807, 2.05) is 29.2 Å². The molecule has 2 aromatic rings. The van der Waals surface area contributed by atoms with E-state index in [1.165, 1.54) is 0 Å². The summed E-state index contributed by atoms with van der Waals surface area (Å²) in [5.74, 6) is 0. The summed E-state index contributed by atoms with van der Waals surface area (Å²) in [4.78, 5) is 21.1. The van der Waals surface area contributed by atoms with Crippen molar-refractivity contribution in [3.05, 3.63) is 45.4 Å². The Bertz CT molecular complexity index is 763. The van der Waals surface area contributed by atoms with Gasteiger partial charge in [-0.15, -0.1) is 11.3 Å². The Hall–Kier alpha value is -1.79. The Morgan fingerprint density at radius 1 is 1.23 bits per heavy atom. The molecule has 0 aliphatic carbocycles. The van der Waals surface area contributed by atoms with E-state index < -0.39 is 0 Å². The van der Waals surface area contributed by atoms with Gasteiger partial charge in [0.15, 0.2) is 0 Å². The molecule has 1 aromatic heterocycles. The number of amides is 2. The Morgan fingerprint density at radius 2 is 1.92 bits per heavy atom. The summed E-state index contributed by atoms with van der Waals surface area (Å²) in [6.07, 6.45) is 0. The van der Waals surface area contributed by atoms with Gasteiger partial charge in [-0.2, -0.15) is 0 Å². The number of nitrogens with zero attached hydrogens (tertiary/aromatic N) is 3. The van der Waals surface area contributed by atoms with Gasteiger partial charge < -0.3 is 15.1 Å². The molecule has 3 rings (SSSR count). The van der Waals surface area contributed by atoms with Crippen molar-refractivity contribution >= 4 is 34.7 Å². The number of benzene rings is 1. The smallest absolute Gasteiger partial charge is 0.317 e. The molecule has 2 heterocycles. The highest BCUT2D eigenvalue weighted by Gasteiger charge is 2.23. The van der Waals surface area contributed by atoms with Crippen LogP contribution in [0.5, 0.6) is 0 Å². The number of para-hydroxylation sites is 1. The van der Waals surface area contributed by atoms with Crippen LogP contribution in [0.15, 0.2) is 29.6 Å². The molecule has 26 heavy (non-hydrogen) atoms. The topological polar surface area (TPSA) is 48.5 Å². The number of urea groups is 1. The molecule has 1 aromatic carbocycles. The van der Waals surface area contributed by atoms with Gasteiger partial charge in [0.1, 0.15) is 5.01 Å². The highest BCUT2D eigenvalue weighted by Crippen LogP contribution is 2.26. The molecule has 1 N–H and O–H groups in total. The van der Waals surface area contributed by atoms with Crippen molar-refractivity contribution in [3.63, 3.8) is 0 Å². The lowest BCUT2D eigenvalue weighted by atomic mass is 9.93. The van der Waals surface area contributed by atoms with E-state index in [-0.39, 0.29) is 11.4 Å². The van der Waals surface area contributed by atoms with Crippen LogP contribution in [-0.2, 0) is 12.0 Å². The van der Waals surface area contributed by atoms with E-state index in [1.54, 1.807) is 11.3 Å². The molecule has 0 spiro atoms. The van der Waals surface area contributed by atoms with E-state index in [2.05, 4.69) is 41.4 Å². The summed E-state index contributed by atoms with van der Waals surface area (Å²) < 4.78 is 0. The van der Waals surface area contributed by atoms with Crippen LogP contribution in [0.1, 0.15) is 31.5 Å². The number of anilines is 1. The predicted octanol–water partition coefficient (Wildman–Crippen LogP) is 4.13. The van der Waals surface area contributed by atoms with E-state index in [0.29, 0.717) is 19.6 Å². The zero-order valence-electron chi connectivity index (χ0n) is 15.5. The van der Waals surface area contributed by atoms with Crippen LogP contribution in [-0.4, -0.2) is 42.1 Å². The quantitative estimate of drug-likeness (QED) is 0.854. The van der Waals surface area contributed by atoms with Gasteiger partial charge in [0.05, 0.1) is 22.9 Å². The summed E-state index contributed by atoms with van der Waals surface area (Å²) in [6, 6.07) is 7.80. The van der Waals surface area contributed by atoms with Crippen molar-refractivity contribution in [3.8, 4) is 0 Å². The number of carbonyl (C=O) groups excluding carboxylic acids is 1. The minimum atomic E-state index is -0.0312. The minimum absolute atomic E-state index is 0.0312. The molecular formula is C19H25ClN4OS. The molecule has 1 aliphatic heterocycles. The maximum absolute atomic E-state index is 12.4. The highest BCUT2D eigenvalue weighted by atomic mass is 35.5. The van der Waals surface area contributed by atoms with Crippen LogP contribution in [0.25, 0.3) is 0 Å². The van der Waals surface area contributed by atoms with Crippen LogP contribution >= 0.6 is 22.9 Å². The number of carbonyl (C=O) groups is 1. The molecule has 7 heteroatoms. The number of halogens is 1. The second kappa shape index (κ2) is 7.84. The Labute approximate surface area is 164 Å². The summed E-state index contributed by atoms with van der Waals surface area (Å²) >= 11 is 7.86. The summed E-state index contributed by atoms with van der Waals surface area (Å²) in [6.45, 7) is 9.83. The first-order chi connectivity index (χ1) is 12.3. The molecule has 1 aliphatic rings. The van der Waals surface area contributed by atoms with E-state index >= 15 is 0 Å². The fourth-order valence-corrected chi connectivity index (χ4v) is 4.07. The standard InChI is InChI=1S/C19H25ClN4OS/c1-19(2,3)16-13-26-17(22-16)12-21-18(25)24-10-8-23(9-11-24)15-7-5-4-6-14(15)20/h4-7,13H,8-12H2,1-3H3,(H,21,25). The first-order valence-electron chi connectivity index (χ1n) is 8.82. The van der Waals surface area contributed by atoms with Crippen LogP contribution in [0.2, 0.25) is 5.02 Å². The lowest BCUT2D eigenvalue weighted by Gasteiger charge is -2.36. The van der Waals surface area contributed by atoms with Gasteiger partial charge in [0, 0.05) is 37.0 Å². The third-order valence-electron chi connectivity index (χ3n) is 4.47. The van der Waals surface area contributed by atoms with Gasteiger partial charge in [-0.05, 0) is 12.1 Å². The molecule has 0 radical (unpaired) electrons. The highest BCUT2D eigenvalue weighted by molar-refractivity contribution is 7.09. The predicted molar refractivity (Wildman–Crippen MR) is 108 cm³/mol. The number of nitrogens with one attached hydrogen (secondary N) is 1. The largest absolute Gasteiger partial charge is 0.367 e. The Morgan fingerprint density at radius 3 is 2.54 bits per heavy atom. The van der Waals surface area contributed by atoms with Gasteiger partial charge in [-0.1, -0.05) is 44.5 Å². The second-order valence-electron chi connectivity index (χ2n) is 7.46. The molecule has 2 amide bonds. The zero-order valence-corrected chi connectivity index (χ0v) is 17.0. The van der Waals surface area contributed by atoms with E-state index in [9.17, 15) is 4.79 Å². The lowest BCUT2D eigenvalue weighted by Crippen LogP contribution is -2.51. The maximum atomic E-state index is 12.4. The Kier molecular flexibility index (Phi) is 5.73. The molecule has 0 bridgehead atoms. The minimum Gasteiger partial charge on any atom is -0.367 e. The first kappa shape index (κ1) is 19.0. The third kappa shape index (κ3) is 4.48. The van der Waals surface area contributed by atoms with Crippen LogP contribution in [0, 0.1) is 0 Å². The molecule has 140 valence electrons. The molecule has 1 saturated heterocycles. The molecule has 0 saturated carbocycles. The van der Waals surface area contributed by atoms with Crippen LogP contribution < -0.4 is 10.2 Å². The van der Waals surface area contributed by atoms with Gasteiger partial charge in [-0.25, -0.2) is 9.78 Å². The van der Waals surface area contributed by atoms with Gasteiger partial charge in [-0.3, -0.25) is 0 Å². The summed E-state index contributed by atoms with van der Waals surface area (Å²) in [5.41, 5.74) is 2.14. The fourth-order valence-electron chi connectivity index (χ4n) is 2.86. The first-order valence-corrected chi connectivity index (χ1v) is 10.1. The van der Waals surface area contributed by atoms with Crippen molar-refractivity contribution < 1.29 is 4.79 Å². The van der Waals surface area contributed by atoms with Crippen molar-refractivity contribution in [1.82, 2.24) is 15.2 Å². The number of thiazole rings is 1. The van der Waals surface area contributed by atoms with Crippen LogP contribution in [0.3, 0.4) is 0 Å². The zero-order chi connectivity index (χ0) is 18.7. The summed E-state index contributed by atoms with van der Waals surface area (Å²) in [7, 11) is 0. The van der Waals surface area contributed by atoms with Crippen LogP contribution in [0.4, 0.5) is 10.5 Å².